The van der Waals surface area contributed by atoms with Crippen LogP contribution in [-0.2, 0) is 6.18 Å². The van der Waals surface area contributed by atoms with E-state index in [9.17, 15) is 13.2 Å². The van der Waals surface area contributed by atoms with Gasteiger partial charge in [0.25, 0.3) is 0 Å². The van der Waals surface area contributed by atoms with Crippen LogP contribution in [0.25, 0.3) is 0 Å². The third-order valence-electron chi connectivity index (χ3n) is 4.89. The van der Waals surface area contributed by atoms with E-state index in [4.69, 9.17) is 0 Å². The topological polar surface area (TPSA) is 16.1 Å². The summed E-state index contributed by atoms with van der Waals surface area (Å²) < 4.78 is 37.5. The van der Waals surface area contributed by atoms with Crippen LogP contribution >= 0.6 is 0 Å². The van der Waals surface area contributed by atoms with Crippen LogP contribution in [0.15, 0.2) is 18.3 Å². The minimum atomic E-state index is -4.30. The van der Waals surface area contributed by atoms with Gasteiger partial charge in [0.05, 0.1) is 5.56 Å². The van der Waals surface area contributed by atoms with Crippen LogP contribution in [0.2, 0.25) is 0 Å². The summed E-state index contributed by atoms with van der Waals surface area (Å²) in [5, 5.41) is 0. The Balaban J connectivity index is 1.66. The first-order valence-corrected chi connectivity index (χ1v) is 7.27. The number of aromatic nitrogens is 1. The van der Waals surface area contributed by atoms with E-state index in [2.05, 4.69) is 9.88 Å². The lowest BCUT2D eigenvalue weighted by molar-refractivity contribution is -0.137. The first-order valence-electron chi connectivity index (χ1n) is 7.27. The van der Waals surface area contributed by atoms with Crippen molar-refractivity contribution in [1.82, 2.24) is 4.98 Å². The number of hydrogen-bond donors (Lipinski definition) is 0. The molecule has 3 rings (SSSR count). The van der Waals surface area contributed by atoms with E-state index < -0.39 is 11.7 Å². The minimum absolute atomic E-state index is 0.516. The van der Waals surface area contributed by atoms with Crippen molar-refractivity contribution in [1.29, 1.82) is 0 Å². The van der Waals surface area contributed by atoms with Crippen LogP contribution in [0.3, 0.4) is 0 Å². The summed E-state index contributed by atoms with van der Waals surface area (Å²) in [6.07, 6.45) is 4.24. The molecule has 5 heteroatoms. The molecule has 1 aromatic heterocycles. The highest BCUT2D eigenvalue weighted by atomic mass is 19.4. The summed E-state index contributed by atoms with van der Waals surface area (Å²) >= 11 is 0. The molecule has 0 N–H and O–H groups in total. The largest absolute Gasteiger partial charge is 0.417 e. The van der Waals surface area contributed by atoms with E-state index in [0.29, 0.717) is 11.2 Å². The zero-order chi connectivity index (χ0) is 14.2. The third-order valence-corrected chi connectivity index (χ3v) is 4.89. The van der Waals surface area contributed by atoms with Crippen LogP contribution < -0.4 is 4.90 Å². The molecule has 20 heavy (non-hydrogen) atoms. The molecule has 2 aliphatic rings. The number of pyridine rings is 1. The van der Waals surface area contributed by atoms with Crippen molar-refractivity contribution in [2.24, 2.45) is 5.41 Å². The van der Waals surface area contributed by atoms with Gasteiger partial charge in [-0.3, -0.25) is 0 Å². The molecule has 1 saturated carbocycles. The molecule has 1 aliphatic heterocycles. The van der Waals surface area contributed by atoms with Gasteiger partial charge in [0.2, 0.25) is 0 Å². The van der Waals surface area contributed by atoms with Crippen molar-refractivity contribution in [2.45, 2.75) is 44.7 Å². The van der Waals surface area contributed by atoms with Gasteiger partial charge in [0.1, 0.15) is 5.82 Å². The summed E-state index contributed by atoms with van der Waals surface area (Å²) in [6.45, 7) is 1.83. The average molecular weight is 284 g/mol. The predicted octanol–water partition coefficient (Wildman–Crippen LogP) is 4.26. The Labute approximate surface area is 117 Å². The van der Waals surface area contributed by atoms with Crippen LogP contribution in [0.4, 0.5) is 19.0 Å². The zero-order valence-electron chi connectivity index (χ0n) is 11.4. The Kier molecular flexibility index (Phi) is 3.38. The fourth-order valence-electron chi connectivity index (χ4n) is 3.58. The quantitative estimate of drug-likeness (QED) is 0.766. The van der Waals surface area contributed by atoms with Gasteiger partial charge in [-0.15, -0.1) is 0 Å². The summed E-state index contributed by atoms with van der Waals surface area (Å²) in [7, 11) is 0. The maximum Gasteiger partial charge on any atom is 0.417 e. The molecule has 0 unspecified atom stereocenters. The highest BCUT2D eigenvalue weighted by molar-refractivity contribution is 5.40. The highest BCUT2D eigenvalue weighted by Crippen LogP contribution is 2.46. The van der Waals surface area contributed by atoms with E-state index in [-0.39, 0.29) is 0 Å². The molecule has 110 valence electrons. The lowest BCUT2D eigenvalue weighted by Gasteiger charge is -2.40. The van der Waals surface area contributed by atoms with Gasteiger partial charge in [-0.05, 0) is 43.2 Å². The van der Waals surface area contributed by atoms with Crippen molar-refractivity contribution in [2.75, 3.05) is 18.0 Å². The lowest BCUT2D eigenvalue weighted by atomic mass is 9.77. The molecule has 0 aromatic carbocycles. The van der Waals surface area contributed by atoms with E-state index in [0.717, 1.165) is 38.2 Å². The fraction of sp³-hybridized carbons (Fsp3) is 0.667. The van der Waals surface area contributed by atoms with Crippen LogP contribution in [0.1, 0.15) is 44.1 Å². The standard InChI is InChI=1S/C15H19F3N2/c16-15(17,18)12-3-4-13(19-11-12)20-9-7-14(8-10-20)5-1-2-6-14/h3-4,11H,1-2,5-10H2. The van der Waals surface area contributed by atoms with Gasteiger partial charge in [-0.1, -0.05) is 12.8 Å². The maximum atomic E-state index is 12.5. The number of hydrogen-bond acceptors (Lipinski definition) is 2. The van der Waals surface area contributed by atoms with Crippen molar-refractivity contribution >= 4 is 5.82 Å². The SMILES string of the molecule is FC(F)(F)c1ccc(N2CCC3(CCCC3)CC2)nc1. The van der Waals surface area contributed by atoms with Crippen molar-refractivity contribution < 1.29 is 13.2 Å². The van der Waals surface area contributed by atoms with Crippen molar-refractivity contribution in [3.8, 4) is 0 Å². The minimum Gasteiger partial charge on any atom is -0.357 e. The molecule has 1 aliphatic carbocycles. The van der Waals surface area contributed by atoms with E-state index in [1.54, 1.807) is 0 Å². The van der Waals surface area contributed by atoms with Gasteiger partial charge < -0.3 is 4.90 Å². The van der Waals surface area contributed by atoms with Gasteiger partial charge in [0.15, 0.2) is 0 Å². The number of anilines is 1. The second-order valence-corrected chi connectivity index (χ2v) is 6.10. The van der Waals surface area contributed by atoms with Gasteiger partial charge >= 0.3 is 6.18 Å². The monoisotopic (exact) mass is 284 g/mol. The molecule has 1 saturated heterocycles. The summed E-state index contributed by atoms with van der Waals surface area (Å²) in [5.41, 5.74) is -0.159. The van der Waals surface area contributed by atoms with Gasteiger partial charge in [0, 0.05) is 19.3 Å². The second-order valence-electron chi connectivity index (χ2n) is 6.10. The molecule has 0 amide bonds. The van der Waals surface area contributed by atoms with Crippen LogP contribution in [-0.4, -0.2) is 18.1 Å². The molecule has 2 nitrogen and oxygen atoms in total. The van der Waals surface area contributed by atoms with Crippen LogP contribution in [0.5, 0.6) is 0 Å². The Morgan fingerprint density at radius 2 is 1.65 bits per heavy atom. The molecule has 1 aromatic rings. The first-order chi connectivity index (χ1) is 9.49. The van der Waals surface area contributed by atoms with Gasteiger partial charge in [-0.25, -0.2) is 4.98 Å². The Morgan fingerprint density at radius 1 is 1.00 bits per heavy atom. The Hall–Kier alpha value is -1.26. The number of piperidine rings is 1. The zero-order valence-corrected chi connectivity index (χ0v) is 11.4. The predicted molar refractivity (Wildman–Crippen MR) is 71.6 cm³/mol. The van der Waals surface area contributed by atoms with E-state index in [1.165, 1.54) is 31.7 Å². The normalized spacial score (nSPS) is 22.4. The molecular formula is C15H19F3N2. The van der Waals surface area contributed by atoms with Crippen LogP contribution in [0, 0.1) is 5.41 Å². The highest BCUT2D eigenvalue weighted by Gasteiger charge is 2.37. The smallest absolute Gasteiger partial charge is 0.357 e. The molecule has 2 fully saturated rings. The molecule has 0 atom stereocenters. The van der Waals surface area contributed by atoms with Crippen molar-refractivity contribution in [3.05, 3.63) is 23.9 Å². The van der Waals surface area contributed by atoms with E-state index in [1.807, 2.05) is 0 Å². The fourth-order valence-corrected chi connectivity index (χ4v) is 3.58. The number of rotatable bonds is 1. The lowest BCUT2D eigenvalue weighted by Crippen LogP contribution is -2.39. The molecular weight excluding hydrogens is 265 g/mol. The molecule has 1 spiro atoms. The number of alkyl halides is 3. The number of nitrogens with zero attached hydrogens (tertiary/aromatic N) is 2. The molecule has 2 heterocycles. The summed E-state index contributed by atoms with van der Waals surface area (Å²) in [6, 6.07) is 2.62. The summed E-state index contributed by atoms with van der Waals surface area (Å²) in [4.78, 5) is 6.10. The van der Waals surface area contributed by atoms with Crippen molar-refractivity contribution in [3.63, 3.8) is 0 Å². The van der Waals surface area contributed by atoms with E-state index >= 15 is 0 Å². The molecule has 0 bridgehead atoms. The second kappa shape index (κ2) is 4.93. The average Bonchev–Trinajstić information content (AvgIpc) is 2.87. The third kappa shape index (κ3) is 2.63. The summed E-state index contributed by atoms with van der Waals surface area (Å²) in [5.74, 6) is 0.672. The maximum absolute atomic E-state index is 12.5. The molecule has 0 radical (unpaired) electrons. The Bertz CT molecular complexity index is 451. The first kappa shape index (κ1) is 13.7. The number of halogens is 3. The van der Waals surface area contributed by atoms with Gasteiger partial charge in [-0.2, -0.15) is 13.2 Å². The Morgan fingerprint density at radius 3 is 2.15 bits per heavy atom.